The van der Waals surface area contributed by atoms with Gasteiger partial charge >= 0.3 is 0 Å². The largest absolute Gasteiger partial charge is 0.486 e. The molecule has 0 spiro atoms. The van der Waals surface area contributed by atoms with E-state index in [9.17, 15) is 0 Å². The van der Waals surface area contributed by atoms with Crippen molar-refractivity contribution in [2.75, 3.05) is 19.8 Å². The Kier molecular flexibility index (Phi) is 4.30. The SMILES string of the molecule is c1ccc(-c2nc(CN3CCCC3c3ccc4c(c3)OCCO4)co2)cc1. The van der Waals surface area contributed by atoms with Gasteiger partial charge in [-0.05, 0) is 49.2 Å². The van der Waals surface area contributed by atoms with Crippen molar-refractivity contribution < 1.29 is 13.9 Å². The summed E-state index contributed by atoms with van der Waals surface area (Å²) in [7, 11) is 0. The van der Waals surface area contributed by atoms with Crippen LogP contribution in [0.1, 0.15) is 30.1 Å². The second kappa shape index (κ2) is 7.08. The molecule has 1 unspecified atom stereocenters. The maximum atomic E-state index is 5.76. The zero-order valence-electron chi connectivity index (χ0n) is 15.1. The van der Waals surface area contributed by atoms with Gasteiger partial charge in [0, 0.05) is 18.2 Å². The van der Waals surface area contributed by atoms with Crippen molar-refractivity contribution in [3.05, 3.63) is 66.1 Å². The Balaban J connectivity index is 1.34. The van der Waals surface area contributed by atoms with Crippen LogP contribution in [0.15, 0.2) is 59.2 Å². The van der Waals surface area contributed by atoms with E-state index in [1.165, 1.54) is 12.0 Å². The van der Waals surface area contributed by atoms with Crippen LogP contribution in [0, 0.1) is 0 Å². The molecular weight excluding hydrogens is 340 g/mol. The van der Waals surface area contributed by atoms with Crippen LogP contribution in [-0.4, -0.2) is 29.6 Å². The highest BCUT2D eigenvalue weighted by Crippen LogP contribution is 2.38. The minimum absolute atomic E-state index is 0.373. The summed E-state index contributed by atoms with van der Waals surface area (Å²) in [6, 6.07) is 16.7. The monoisotopic (exact) mass is 362 g/mol. The van der Waals surface area contributed by atoms with Gasteiger partial charge in [-0.3, -0.25) is 4.90 Å². The minimum Gasteiger partial charge on any atom is -0.486 e. The average Bonchev–Trinajstić information content (AvgIpc) is 3.38. The standard InChI is InChI=1S/C22H22N2O3/c1-2-5-16(6-3-1)22-23-18(15-27-22)14-24-10-4-7-19(24)17-8-9-20-21(13-17)26-12-11-25-20/h1-3,5-6,8-9,13,15,19H,4,7,10-12,14H2. The molecular formula is C22H22N2O3. The Labute approximate surface area is 158 Å². The molecule has 3 aromatic rings. The smallest absolute Gasteiger partial charge is 0.226 e. The van der Waals surface area contributed by atoms with Gasteiger partial charge in [0.05, 0.1) is 5.69 Å². The molecule has 1 saturated heterocycles. The van der Waals surface area contributed by atoms with Crippen LogP contribution in [0.5, 0.6) is 11.5 Å². The number of rotatable bonds is 4. The molecule has 0 radical (unpaired) electrons. The topological polar surface area (TPSA) is 47.7 Å². The van der Waals surface area contributed by atoms with Crippen molar-refractivity contribution in [3.63, 3.8) is 0 Å². The molecule has 2 aromatic carbocycles. The third kappa shape index (κ3) is 3.30. The summed E-state index contributed by atoms with van der Waals surface area (Å²) in [5.41, 5.74) is 3.26. The highest BCUT2D eigenvalue weighted by atomic mass is 16.6. The molecule has 1 atom stereocenters. The van der Waals surface area contributed by atoms with E-state index in [1.807, 2.05) is 36.4 Å². The van der Waals surface area contributed by atoms with Gasteiger partial charge in [-0.15, -0.1) is 0 Å². The lowest BCUT2D eigenvalue weighted by Crippen LogP contribution is -2.23. The first-order valence-corrected chi connectivity index (χ1v) is 9.50. The van der Waals surface area contributed by atoms with Crippen molar-refractivity contribution in [1.29, 1.82) is 0 Å². The lowest BCUT2D eigenvalue weighted by Gasteiger charge is -2.25. The number of fused-ring (bicyclic) bond motifs is 1. The second-order valence-electron chi connectivity index (χ2n) is 7.04. The molecule has 0 bridgehead atoms. The van der Waals surface area contributed by atoms with Crippen LogP contribution in [-0.2, 0) is 6.54 Å². The van der Waals surface area contributed by atoms with Crippen molar-refractivity contribution in [2.24, 2.45) is 0 Å². The average molecular weight is 362 g/mol. The lowest BCUT2D eigenvalue weighted by molar-refractivity contribution is 0.170. The lowest BCUT2D eigenvalue weighted by atomic mass is 10.0. The van der Waals surface area contributed by atoms with Crippen molar-refractivity contribution in [1.82, 2.24) is 9.88 Å². The summed E-state index contributed by atoms with van der Waals surface area (Å²) < 4.78 is 17.1. The first-order chi connectivity index (χ1) is 13.4. The molecule has 5 nitrogen and oxygen atoms in total. The number of hydrogen-bond acceptors (Lipinski definition) is 5. The summed E-state index contributed by atoms with van der Waals surface area (Å²) in [6.07, 6.45) is 4.10. The number of oxazole rings is 1. The minimum atomic E-state index is 0.373. The van der Waals surface area contributed by atoms with E-state index >= 15 is 0 Å². The fraction of sp³-hybridized carbons (Fsp3) is 0.318. The molecule has 1 fully saturated rings. The van der Waals surface area contributed by atoms with Gasteiger partial charge in [-0.1, -0.05) is 24.3 Å². The molecule has 0 saturated carbocycles. The van der Waals surface area contributed by atoms with Gasteiger partial charge < -0.3 is 13.9 Å². The van der Waals surface area contributed by atoms with E-state index < -0.39 is 0 Å². The van der Waals surface area contributed by atoms with Gasteiger partial charge in [0.25, 0.3) is 0 Å². The van der Waals surface area contributed by atoms with Crippen LogP contribution < -0.4 is 9.47 Å². The van der Waals surface area contributed by atoms with Crippen LogP contribution in [0.2, 0.25) is 0 Å². The van der Waals surface area contributed by atoms with E-state index in [-0.39, 0.29) is 0 Å². The first-order valence-electron chi connectivity index (χ1n) is 9.50. The molecule has 138 valence electrons. The second-order valence-corrected chi connectivity index (χ2v) is 7.04. The Hall–Kier alpha value is -2.79. The molecule has 2 aliphatic rings. The molecule has 5 rings (SSSR count). The normalized spacial score (nSPS) is 19.3. The van der Waals surface area contributed by atoms with Gasteiger partial charge in [0.15, 0.2) is 11.5 Å². The van der Waals surface area contributed by atoms with E-state index in [0.29, 0.717) is 25.1 Å². The van der Waals surface area contributed by atoms with E-state index in [0.717, 1.165) is 42.3 Å². The first kappa shape index (κ1) is 16.4. The zero-order chi connectivity index (χ0) is 18.1. The zero-order valence-corrected chi connectivity index (χ0v) is 15.1. The van der Waals surface area contributed by atoms with Crippen LogP contribution in [0.4, 0.5) is 0 Å². The molecule has 27 heavy (non-hydrogen) atoms. The Morgan fingerprint density at radius 2 is 1.85 bits per heavy atom. The van der Waals surface area contributed by atoms with Crippen molar-refractivity contribution in [2.45, 2.75) is 25.4 Å². The van der Waals surface area contributed by atoms with Crippen LogP contribution in [0.25, 0.3) is 11.5 Å². The maximum absolute atomic E-state index is 5.76. The summed E-state index contributed by atoms with van der Waals surface area (Å²) in [5, 5.41) is 0. The summed E-state index contributed by atoms with van der Waals surface area (Å²) in [4.78, 5) is 7.16. The third-order valence-corrected chi connectivity index (χ3v) is 5.25. The quantitative estimate of drug-likeness (QED) is 0.686. The molecule has 0 amide bonds. The number of aromatic nitrogens is 1. The molecule has 0 N–H and O–H groups in total. The van der Waals surface area contributed by atoms with E-state index in [2.05, 4.69) is 22.0 Å². The Bertz CT molecular complexity index is 922. The highest BCUT2D eigenvalue weighted by molar-refractivity contribution is 5.52. The van der Waals surface area contributed by atoms with E-state index in [4.69, 9.17) is 13.9 Å². The van der Waals surface area contributed by atoms with E-state index in [1.54, 1.807) is 6.26 Å². The van der Waals surface area contributed by atoms with Gasteiger partial charge in [0.1, 0.15) is 19.5 Å². The Morgan fingerprint density at radius 1 is 1.00 bits per heavy atom. The van der Waals surface area contributed by atoms with Gasteiger partial charge in [-0.2, -0.15) is 0 Å². The number of hydrogen-bond donors (Lipinski definition) is 0. The summed E-state index contributed by atoms with van der Waals surface area (Å²) in [5.74, 6) is 2.39. The molecule has 5 heteroatoms. The number of nitrogens with zero attached hydrogens (tertiary/aromatic N) is 2. The van der Waals surface area contributed by atoms with Gasteiger partial charge in [-0.25, -0.2) is 4.98 Å². The maximum Gasteiger partial charge on any atom is 0.226 e. The number of benzene rings is 2. The van der Waals surface area contributed by atoms with Gasteiger partial charge in [0.2, 0.25) is 5.89 Å². The summed E-state index contributed by atoms with van der Waals surface area (Å²) in [6.45, 7) is 3.09. The Morgan fingerprint density at radius 3 is 2.74 bits per heavy atom. The number of ether oxygens (including phenoxy) is 2. The predicted molar refractivity (Wildman–Crippen MR) is 102 cm³/mol. The predicted octanol–water partition coefficient (Wildman–Crippen LogP) is 4.45. The highest BCUT2D eigenvalue weighted by Gasteiger charge is 2.28. The van der Waals surface area contributed by atoms with Crippen LogP contribution >= 0.6 is 0 Å². The van der Waals surface area contributed by atoms with Crippen LogP contribution in [0.3, 0.4) is 0 Å². The summed E-state index contributed by atoms with van der Waals surface area (Å²) >= 11 is 0. The van der Waals surface area contributed by atoms with Crippen molar-refractivity contribution >= 4 is 0 Å². The molecule has 3 heterocycles. The molecule has 0 aliphatic carbocycles. The van der Waals surface area contributed by atoms with Crippen molar-refractivity contribution in [3.8, 4) is 23.0 Å². The molecule has 2 aliphatic heterocycles. The fourth-order valence-electron chi connectivity index (χ4n) is 3.96. The molecule has 1 aromatic heterocycles. The third-order valence-electron chi connectivity index (χ3n) is 5.25. The fourth-order valence-corrected chi connectivity index (χ4v) is 3.96. The number of likely N-dealkylation sites (tertiary alicyclic amines) is 1.